The Morgan fingerprint density at radius 2 is 2.15 bits per heavy atom. The first-order valence-corrected chi connectivity index (χ1v) is 8.52. The molecule has 8 heteroatoms. The predicted octanol–water partition coefficient (Wildman–Crippen LogP) is 3.03. The van der Waals surface area contributed by atoms with Gasteiger partial charge in [-0.2, -0.15) is 0 Å². The minimum Gasteiger partial charge on any atom is -0.477 e. The molecule has 2 heterocycles. The molecule has 0 spiro atoms. The van der Waals surface area contributed by atoms with Gasteiger partial charge in [-0.15, -0.1) is 0 Å². The number of pyridine rings is 2. The molecule has 1 aromatic carbocycles. The van der Waals surface area contributed by atoms with E-state index in [1.54, 1.807) is 19.1 Å². The van der Waals surface area contributed by atoms with Crippen LogP contribution in [-0.4, -0.2) is 32.3 Å². The van der Waals surface area contributed by atoms with Crippen molar-refractivity contribution >= 4 is 28.5 Å². The Kier molecular flexibility index (Phi) is 5.25. The summed E-state index contributed by atoms with van der Waals surface area (Å²) >= 11 is 5.79. The molecule has 0 unspecified atom stereocenters. The third-order valence-electron chi connectivity index (χ3n) is 4.35. The van der Waals surface area contributed by atoms with Gasteiger partial charge in [0.2, 0.25) is 5.43 Å². The second-order valence-corrected chi connectivity index (χ2v) is 6.61. The quantitative estimate of drug-likeness (QED) is 0.698. The molecule has 1 atom stereocenters. The second kappa shape index (κ2) is 7.46. The lowest BCUT2D eigenvalue weighted by molar-refractivity contribution is 0.0694. The van der Waals surface area contributed by atoms with Crippen LogP contribution in [0.4, 0.5) is 4.39 Å². The van der Waals surface area contributed by atoms with Crippen molar-refractivity contribution in [3.05, 3.63) is 74.5 Å². The first-order chi connectivity index (χ1) is 12.8. The zero-order valence-corrected chi connectivity index (χ0v) is 15.1. The summed E-state index contributed by atoms with van der Waals surface area (Å²) in [6.45, 7) is 1.44. The molecule has 2 N–H and O–H groups in total. The van der Waals surface area contributed by atoms with Crippen molar-refractivity contribution < 1.29 is 19.4 Å². The number of fused-ring (bicyclic) bond motifs is 1. The number of carboxylic acid groups (broad SMARTS) is 1. The zero-order chi connectivity index (χ0) is 19.7. The fraction of sp³-hybridized carbons (Fsp3) is 0.211. The van der Waals surface area contributed by atoms with E-state index in [-0.39, 0.29) is 23.4 Å². The van der Waals surface area contributed by atoms with Crippen molar-refractivity contribution in [2.24, 2.45) is 0 Å². The fourth-order valence-corrected chi connectivity index (χ4v) is 3.07. The Morgan fingerprint density at radius 3 is 2.81 bits per heavy atom. The Bertz CT molecular complexity index is 1100. The summed E-state index contributed by atoms with van der Waals surface area (Å²) in [5.74, 6) is -1.92. The number of aliphatic hydroxyl groups excluding tert-OH is 1. The summed E-state index contributed by atoms with van der Waals surface area (Å²) in [5, 5.41) is 18.9. The minimum absolute atomic E-state index is 0.0134. The van der Waals surface area contributed by atoms with Crippen molar-refractivity contribution in [3.8, 4) is 0 Å². The van der Waals surface area contributed by atoms with Crippen LogP contribution in [0, 0.1) is 5.82 Å². The molecular weight excluding hydrogens is 375 g/mol. The maximum atomic E-state index is 14.1. The standard InChI is InChI=1S/C19H16ClFN2O4/c1-10(9-24)23-8-14(19(26)27)18(25)13-6-12(22-7-16(13)23)5-11-3-2-4-15(20)17(11)21/h2-4,6-8,10,24H,5,9H2,1H3,(H,26,27)/t10-/m1/s1. The number of aromatic nitrogens is 2. The van der Waals surface area contributed by atoms with E-state index in [9.17, 15) is 24.2 Å². The SMILES string of the molecule is C[C@H](CO)n1cc(C(=O)O)c(=O)c2cc(Cc3cccc(Cl)c3F)ncc21. The molecule has 27 heavy (non-hydrogen) atoms. The second-order valence-electron chi connectivity index (χ2n) is 6.20. The van der Waals surface area contributed by atoms with Gasteiger partial charge in [-0.3, -0.25) is 9.78 Å². The van der Waals surface area contributed by atoms with Crippen LogP contribution in [0.1, 0.15) is 34.6 Å². The molecule has 140 valence electrons. The van der Waals surface area contributed by atoms with Crippen LogP contribution in [0.3, 0.4) is 0 Å². The lowest BCUT2D eigenvalue weighted by atomic mass is 10.1. The summed E-state index contributed by atoms with van der Waals surface area (Å²) < 4.78 is 15.6. The highest BCUT2D eigenvalue weighted by Gasteiger charge is 2.18. The van der Waals surface area contributed by atoms with Crippen LogP contribution >= 0.6 is 11.6 Å². The van der Waals surface area contributed by atoms with Crippen molar-refractivity contribution in [2.75, 3.05) is 6.61 Å². The lowest BCUT2D eigenvalue weighted by Gasteiger charge is -2.17. The highest BCUT2D eigenvalue weighted by atomic mass is 35.5. The van der Waals surface area contributed by atoms with E-state index >= 15 is 0 Å². The number of aromatic carboxylic acids is 1. The van der Waals surface area contributed by atoms with E-state index in [0.29, 0.717) is 16.8 Å². The van der Waals surface area contributed by atoms with Crippen molar-refractivity contribution in [3.63, 3.8) is 0 Å². The van der Waals surface area contributed by atoms with E-state index in [1.165, 1.54) is 29.1 Å². The summed E-state index contributed by atoms with van der Waals surface area (Å²) in [4.78, 5) is 28.3. The van der Waals surface area contributed by atoms with Crippen LogP contribution < -0.4 is 5.43 Å². The molecule has 3 aromatic rings. The van der Waals surface area contributed by atoms with E-state index in [0.717, 1.165) is 0 Å². The molecule has 0 amide bonds. The zero-order valence-electron chi connectivity index (χ0n) is 14.3. The van der Waals surface area contributed by atoms with E-state index in [4.69, 9.17) is 11.6 Å². The smallest absolute Gasteiger partial charge is 0.341 e. The third-order valence-corrected chi connectivity index (χ3v) is 4.64. The summed E-state index contributed by atoms with van der Waals surface area (Å²) in [5.41, 5.74) is 0.0316. The Morgan fingerprint density at radius 1 is 1.41 bits per heavy atom. The van der Waals surface area contributed by atoms with Crippen molar-refractivity contribution in [1.82, 2.24) is 9.55 Å². The highest BCUT2D eigenvalue weighted by molar-refractivity contribution is 6.30. The van der Waals surface area contributed by atoms with Crippen LogP contribution in [0.25, 0.3) is 10.9 Å². The number of carboxylic acids is 1. The van der Waals surface area contributed by atoms with Crippen molar-refractivity contribution in [1.29, 1.82) is 0 Å². The molecule has 2 aromatic heterocycles. The predicted molar refractivity (Wildman–Crippen MR) is 99.0 cm³/mol. The number of aliphatic hydroxyl groups is 1. The highest BCUT2D eigenvalue weighted by Crippen LogP contribution is 2.22. The molecule has 0 saturated heterocycles. The molecule has 6 nitrogen and oxygen atoms in total. The topological polar surface area (TPSA) is 92.4 Å². The molecule has 0 bridgehead atoms. The fourth-order valence-electron chi connectivity index (χ4n) is 2.87. The average molecular weight is 391 g/mol. The normalized spacial score (nSPS) is 12.3. The number of carbonyl (C=O) groups is 1. The molecular formula is C19H16ClFN2O4. The van der Waals surface area contributed by atoms with E-state index in [2.05, 4.69) is 4.98 Å². The van der Waals surface area contributed by atoms with Gasteiger partial charge in [-0.1, -0.05) is 23.7 Å². The van der Waals surface area contributed by atoms with Crippen LogP contribution in [0.5, 0.6) is 0 Å². The Balaban J connectivity index is 2.19. The molecule has 0 saturated carbocycles. The van der Waals surface area contributed by atoms with Gasteiger partial charge in [0.1, 0.15) is 11.4 Å². The maximum absolute atomic E-state index is 14.1. The largest absolute Gasteiger partial charge is 0.477 e. The first kappa shape index (κ1) is 19.0. The number of benzene rings is 1. The molecule has 0 radical (unpaired) electrons. The molecule has 0 aliphatic carbocycles. The van der Waals surface area contributed by atoms with Crippen molar-refractivity contribution in [2.45, 2.75) is 19.4 Å². The monoisotopic (exact) mass is 390 g/mol. The van der Waals surface area contributed by atoms with Crippen LogP contribution in [-0.2, 0) is 6.42 Å². The van der Waals surface area contributed by atoms with E-state index in [1.807, 2.05) is 0 Å². The lowest BCUT2D eigenvalue weighted by Crippen LogP contribution is -2.22. The number of nitrogens with zero attached hydrogens (tertiary/aromatic N) is 2. The number of halogens is 2. The van der Waals surface area contributed by atoms with Crippen LogP contribution in [0.15, 0.2) is 41.5 Å². The van der Waals surface area contributed by atoms with Gasteiger partial charge in [0, 0.05) is 23.7 Å². The van der Waals surface area contributed by atoms with Gasteiger partial charge in [0.25, 0.3) is 0 Å². The maximum Gasteiger partial charge on any atom is 0.341 e. The summed E-state index contributed by atoms with van der Waals surface area (Å²) in [7, 11) is 0. The molecule has 0 aliphatic rings. The van der Waals surface area contributed by atoms with Gasteiger partial charge in [-0.05, 0) is 24.6 Å². The first-order valence-electron chi connectivity index (χ1n) is 8.14. The Labute approximate surface area is 158 Å². The van der Waals surface area contributed by atoms with Gasteiger partial charge in [0.15, 0.2) is 0 Å². The number of hydrogen-bond acceptors (Lipinski definition) is 4. The van der Waals surface area contributed by atoms with Crippen LogP contribution in [0.2, 0.25) is 5.02 Å². The summed E-state index contributed by atoms with van der Waals surface area (Å²) in [6.07, 6.45) is 2.72. The van der Waals surface area contributed by atoms with Gasteiger partial charge in [-0.25, -0.2) is 9.18 Å². The Hall–Kier alpha value is -2.77. The minimum atomic E-state index is -1.36. The molecule has 3 rings (SSSR count). The number of hydrogen-bond donors (Lipinski definition) is 2. The molecule has 0 aliphatic heterocycles. The van der Waals surface area contributed by atoms with Gasteiger partial charge >= 0.3 is 5.97 Å². The molecule has 0 fully saturated rings. The third kappa shape index (κ3) is 3.56. The van der Waals surface area contributed by atoms with E-state index < -0.39 is 28.8 Å². The summed E-state index contributed by atoms with van der Waals surface area (Å²) in [6, 6.07) is 5.60. The van der Waals surface area contributed by atoms with Gasteiger partial charge in [0.05, 0.1) is 29.4 Å². The number of rotatable bonds is 5. The van der Waals surface area contributed by atoms with Gasteiger partial charge < -0.3 is 14.8 Å². The average Bonchev–Trinajstić information content (AvgIpc) is 2.65.